The van der Waals surface area contributed by atoms with Gasteiger partial charge in [-0.2, -0.15) is 0 Å². The van der Waals surface area contributed by atoms with Gasteiger partial charge >= 0.3 is 12.2 Å². The third-order valence-electron chi connectivity index (χ3n) is 6.33. The number of rotatable bonds is 6. The molecule has 8 heteroatoms. The summed E-state index contributed by atoms with van der Waals surface area (Å²) in [5.41, 5.74) is 0.136. The summed E-state index contributed by atoms with van der Waals surface area (Å²) in [5.74, 6) is -0.134. The summed E-state index contributed by atoms with van der Waals surface area (Å²) < 4.78 is 16.5. The quantitative estimate of drug-likeness (QED) is 0.399. The molecule has 0 bridgehead atoms. The van der Waals surface area contributed by atoms with E-state index in [1.807, 2.05) is 64.1 Å². The maximum absolute atomic E-state index is 13.3. The van der Waals surface area contributed by atoms with Crippen LogP contribution >= 0.6 is 0 Å². The number of methoxy groups -OCH3 is 1. The Morgan fingerprint density at radius 1 is 0.949 bits per heavy atom. The highest BCUT2D eigenvalue weighted by Gasteiger charge is 2.45. The molecule has 3 rings (SSSR count). The van der Waals surface area contributed by atoms with Crippen molar-refractivity contribution in [3.63, 3.8) is 0 Å². The molecule has 8 nitrogen and oxygen atoms in total. The van der Waals surface area contributed by atoms with E-state index in [4.69, 9.17) is 14.2 Å². The van der Waals surface area contributed by atoms with Gasteiger partial charge in [-0.1, -0.05) is 36.4 Å². The number of carbonyl (C=O) groups is 3. The molecule has 3 atom stereocenters. The van der Waals surface area contributed by atoms with Crippen molar-refractivity contribution in [3.05, 3.63) is 72.4 Å². The number of allylic oxidation sites excluding steroid dienone is 1. The molecular formula is C31H40N2O6. The zero-order chi connectivity index (χ0) is 29.0. The van der Waals surface area contributed by atoms with Crippen molar-refractivity contribution in [3.8, 4) is 5.75 Å². The molecule has 1 aliphatic rings. The smallest absolute Gasteiger partial charge is 0.418 e. The van der Waals surface area contributed by atoms with Gasteiger partial charge in [-0.05, 0) is 84.2 Å². The fourth-order valence-corrected chi connectivity index (χ4v) is 4.56. The molecular weight excluding hydrogens is 496 g/mol. The SMILES string of the molecule is COc1ccc(N(/C=C/[C@@H](c2ccccc2)[C@H]2CC(=O)N(C(=O)OC(C)(C)C)[C@@H]2C)C(=O)OC(C)(C)C)cc1. The van der Waals surface area contributed by atoms with E-state index < -0.39 is 29.4 Å². The van der Waals surface area contributed by atoms with Crippen LogP contribution in [0, 0.1) is 5.92 Å². The standard InChI is InChI=1S/C31H40N2O6/c1-21-26(20-27(34)33(21)29(36)39-31(5,6)7)25(22-12-10-9-11-13-22)18-19-32(28(35)38-30(2,3)4)23-14-16-24(37-8)17-15-23/h9-19,21,25-26H,20H2,1-8H3/b19-18+/t21-,25+,26+/m1/s1. The largest absolute Gasteiger partial charge is 0.497 e. The Morgan fingerprint density at radius 3 is 2.08 bits per heavy atom. The second-order valence-electron chi connectivity index (χ2n) is 11.7. The average molecular weight is 537 g/mol. The number of hydrogen-bond donors (Lipinski definition) is 0. The van der Waals surface area contributed by atoms with Crippen LogP contribution in [0.25, 0.3) is 0 Å². The van der Waals surface area contributed by atoms with Gasteiger partial charge in [0.25, 0.3) is 0 Å². The van der Waals surface area contributed by atoms with Crippen molar-refractivity contribution in [2.24, 2.45) is 5.92 Å². The van der Waals surface area contributed by atoms with Crippen molar-refractivity contribution in [2.75, 3.05) is 12.0 Å². The normalized spacial score (nSPS) is 18.7. The van der Waals surface area contributed by atoms with Crippen LogP contribution in [0.15, 0.2) is 66.9 Å². The Hall–Kier alpha value is -3.81. The Labute approximate surface area is 231 Å². The van der Waals surface area contributed by atoms with E-state index in [0.29, 0.717) is 11.4 Å². The number of imide groups is 1. The second kappa shape index (κ2) is 11.9. The summed E-state index contributed by atoms with van der Waals surface area (Å²) in [7, 11) is 1.58. The highest BCUT2D eigenvalue weighted by molar-refractivity contribution is 5.94. The first-order valence-corrected chi connectivity index (χ1v) is 13.1. The summed E-state index contributed by atoms with van der Waals surface area (Å²) >= 11 is 0. The highest BCUT2D eigenvalue weighted by Crippen LogP contribution is 2.39. The molecule has 1 aliphatic heterocycles. The molecule has 0 radical (unpaired) electrons. The molecule has 0 saturated carbocycles. The minimum atomic E-state index is -0.722. The van der Waals surface area contributed by atoms with E-state index >= 15 is 0 Å². The highest BCUT2D eigenvalue weighted by atomic mass is 16.6. The van der Waals surface area contributed by atoms with E-state index in [0.717, 1.165) is 5.56 Å². The maximum Gasteiger partial charge on any atom is 0.418 e. The number of ether oxygens (including phenoxy) is 3. The predicted octanol–water partition coefficient (Wildman–Crippen LogP) is 6.91. The molecule has 0 unspecified atom stereocenters. The number of likely N-dealkylation sites (tertiary alicyclic amines) is 1. The van der Waals surface area contributed by atoms with Crippen molar-refractivity contribution in [2.45, 2.75) is 78.0 Å². The summed E-state index contributed by atoms with van der Waals surface area (Å²) in [6, 6.07) is 16.4. The van der Waals surface area contributed by atoms with Gasteiger partial charge in [0.05, 0.1) is 12.8 Å². The summed E-state index contributed by atoms with van der Waals surface area (Å²) in [4.78, 5) is 41.9. The lowest BCUT2D eigenvalue weighted by Gasteiger charge is -2.30. The first-order valence-electron chi connectivity index (χ1n) is 13.1. The summed E-state index contributed by atoms with van der Waals surface area (Å²) in [5, 5.41) is 0. The number of anilines is 1. The van der Waals surface area contributed by atoms with Gasteiger partial charge in [-0.25, -0.2) is 14.5 Å². The van der Waals surface area contributed by atoms with Gasteiger partial charge in [-0.3, -0.25) is 9.69 Å². The molecule has 2 aromatic carbocycles. The molecule has 1 fully saturated rings. The van der Waals surface area contributed by atoms with Gasteiger partial charge in [0.1, 0.15) is 17.0 Å². The van der Waals surface area contributed by atoms with E-state index in [9.17, 15) is 14.4 Å². The summed E-state index contributed by atoms with van der Waals surface area (Å²) in [6.07, 6.45) is 2.56. The van der Waals surface area contributed by atoms with Crippen LogP contribution in [-0.4, -0.2) is 47.3 Å². The van der Waals surface area contributed by atoms with Crippen LogP contribution in [-0.2, 0) is 14.3 Å². The van der Waals surface area contributed by atoms with Gasteiger partial charge in [0, 0.05) is 24.6 Å². The number of benzene rings is 2. The van der Waals surface area contributed by atoms with Crippen LogP contribution in [0.2, 0.25) is 0 Å². The lowest BCUT2D eigenvalue weighted by Crippen LogP contribution is -2.42. The molecule has 3 amide bonds. The fraction of sp³-hybridized carbons (Fsp3) is 0.452. The molecule has 1 heterocycles. The van der Waals surface area contributed by atoms with Crippen LogP contribution in [0.3, 0.4) is 0 Å². The molecule has 0 aliphatic carbocycles. The molecule has 0 spiro atoms. The zero-order valence-electron chi connectivity index (χ0n) is 24.1. The van der Waals surface area contributed by atoms with Crippen LogP contribution < -0.4 is 9.64 Å². The van der Waals surface area contributed by atoms with Gasteiger partial charge in [-0.15, -0.1) is 0 Å². The molecule has 39 heavy (non-hydrogen) atoms. The van der Waals surface area contributed by atoms with E-state index in [2.05, 4.69) is 0 Å². The fourth-order valence-electron chi connectivity index (χ4n) is 4.56. The second-order valence-corrected chi connectivity index (χ2v) is 11.7. The Morgan fingerprint density at radius 2 is 1.54 bits per heavy atom. The predicted molar refractivity (Wildman–Crippen MR) is 151 cm³/mol. The Kier molecular flexibility index (Phi) is 9.10. The summed E-state index contributed by atoms with van der Waals surface area (Å²) in [6.45, 7) is 12.6. The van der Waals surface area contributed by atoms with E-state index in [1.54, 1.807) is 58.3 Å². The van der Waals surface area contributed by atoms with Crippen LogP contribution in [0.5, 0.6) is 5.75 Å². The minimum Gasteiger partial charge on any atom is -0.497 e. The third kappa shape index (κ3) is 7.85. The number of carbonyl (C=O) groups excluding carboxylic acids is 3. The van der Waals surface area contributed by atoms with Crippen molar-refractivity contribution in [1.29, 1.82) is 0 Å². The van der Waals surface area contributed by atoms with Gasteiger partial charge < -0.3 is 14.2 Å². The van der Waals surface area contributed by atoms with Crippen molar-refractivity contribution >= 4 is 23.8 Å². The monoisotopic (exact) mass is 536 g/mol. The Bertz CT molecular complexity index is 1180. The Balaban J connectivity index is 1.99. The van der Waals surface area contributed by atoms with Crippen LogP contribution in [0.4, 0.5) is 15.3 Å². The number of hydrogen-bond acceptors (Lipinski definition) is 6. The average Bonchev–Trinajstić information content (AvgIpc) is 3.13. The minimum absolute atomic E-state index is 0.166. The molecule has 210 valence electrons. The van der Waals surface area contributed by atoms with Gasteiger partial charge in [0.2, 0.25) is 5.91 Å². The zero-order valence-corrected chi connectivity index (χ0v) is 24.1. The van der Waals surface area contributed by atoms with Crippen molar-refractivity contribution in [1.82, 2.24) is 4.90 Å². The number of amides is 3. The lowest BCUT2D eigenvalue weighted by atomic mass is 9.81. The number of nitrogens with zero attached hydrogens (tertiary/aromatic N) is 2. The lowest BCUT2D eigenvalue weighted by molar-refractivity contribution is -0.127. The third-order valence-corrected chi connectivity index (χ3v) is 6.33. The maximum atomic E-state index is 13.3. The molecule has 2 aromatic rings. The topological polar surface area (TPSA) is 85.4 Å². The molecule has 0 aromatic heterocycles. The van der Waals surface area contributed by atoms with Gasteiger partial charge in [0.15, 0.2) is 0 Å². The first kappa shape index (κ1) is 29.7. The molecule has 1 saturated heterocycles. The first-order chi connectivity index (χ1) is 18.2. The van der Waals surface area contributed by atoms with E-state index in [1.165, 1.54) is 9.80 Å². The molecule has 0 N–H and O–H groups in total. The van der Waals surface area contributed by atoms with Crippen molar-refractivity contribution < 1.29 is 28.6 Å². The van der Waals surface area contributed by atoms with Crippen LogP contribution in [0.1, 0.15) is 66.4 Å². The van der Waals surface area contributed by atoms with E-state index in [-0.39, 0.29) is 24.2 Å².